The number of benzene rings is 2. The summed E-state index contributed by atoms with van der Waals surface area (Å²) in [6.07, 6.45) is 5.74. The Morgan fingerprint density at radius 2 is 1.69 bits per heavy atom. The van der Waals surface area contributed by atoms with E-state index in [0.29, 0.717) is 48.1 Å². The van der Waals surface area contributed by atoms with E-state index >= 15 is 0 Å². The first-order valence-electron chi connectivity index (χ1n) is 21.9. The first-order chi connectivity index (χ1) is 30.6. The fraction of sp³-hybridized carbons (Fsp3) is 0.523. The number of methoxy groups -OCH3 is 1. The number of nitrogens with one attached hydrogen (secondary N) is 3. The zero-order valence-electron chi connectivity index (χ0n) is 36.7. The Morgan fingerprint density at radius 1 is 0.953 bits per heavy atom. The number of ether oxygens (including phenoxy) is 1. The molecule has 4 fully saturated rings. The average Bonchev–Trinajstić information content (AvgIpc) is 3.49. The number of fused-ring (bicyclic) bond motifs is 2. The second-order valence-corrected chi connectivity index (χ2v) is 18.1. The molecule has 0 bridgehead atoms. The number of piperidine rings is 3. The molecule has 0 saturated carbocycles. The first-order valence-corrected chi connectivity index (χ1v) is 21.9. The smallest absolute Gasteiger partial charge is 0.342 e. The summed E-state index contributed by atoms with van der Waals surface area (Å²) in [7, 11) is 4.51. The predicted molar refractivity (Wildman–Crippen MR) is 235 cm³/mol. The number of hydrogen-bond acceptors (Lipinski definition) is 13. The van der Waals surface area contributed by atoms with Gasteiger partial charge in [0.15, 0.2) is 5.82 Å². The summed E-state index contributed by atoms with van der Waals surface area (Å²) in [6.45, 7) is 7.89. The van der Waals surface area contributed by atoms with Crippen LogP contribution in [0.3, 0.4) is 0 Å². The molecule has 2 aromatic carbocycles. The number of nitrogens with zero attached hydrogens (tertiary/aromatic N) is 9. The van der Waals surface area contributed by atoms with Gasteiger partial charge in [-0.2, -0.15) is 13.8 Å². The third-order valence-electron chi connectivity index (χ3n) is 13.8. The van der Waals surface area contributed by atoms with Gasteiger partial charge in [-0.05, 0) is 81.7 Å². The molecule has 9 rings (SSSR count). The number of imide groups is 1. The SMILES string of the molecule is COc1cc(C(=O)NN2CCC(N3CC4(CCN(c5cccc6c5n(C)c(=O)n6C5CCC(=O)NC5=O)CC4)C3)CC2)ccc1Nc1ncc2c(n1)N(C(C)C)CC(F)(F)C(=O)N2C. The molecule has 4 saturated heterocycles. The van der Waals surface area contributed by atoms with Crippen LogP contribution in [0, 0.1) is 5.41 Å². The Morgan fingerprint density at radius 3 is 2.38 bits per heavy atom. The van der Waals surface area contributed by atoms with Gasteiger partial charge in [-0.3, -0.25) is 44.0 Å². The number of hydrogen-bond donors (Lipinski definition) is 3. The van der Waals surface area contributed by atoms with Gasteiger partial charge in [-0.15, -0.1) is 0 Å². The van der Waals surface area contributed by atoms with E-state index in [4.69, 9.17) is 4.74 Å². The second-order valence-electron chi connectivity index (χ2n) is 18.1. The molecular weight excluding hydrogens is 831 g/mol. The van der Waals surface area contributed by atoms with E-state index in [1.165, 1.54) is 25.3 Å². The molecule has 1 unspecified atom stereocenters. The van der Waals surface area contributed by atoms with Crippen LogP contribution in [0.2, 0.25) is 0 Å². The standard InChI is InChI=1S/C44H54F2N12O6/c1-26(2)57-25-44(45,46)40(62)52(3)33-22-47-41(50-37(33)57)48-29-10-9-27(21-34(29)64-5)38(60)51-56-17-13-28(14-18-56)55-23-43(24-55)15-19-54(20-16-43)30-7-6-8-31-36(30)53(4)42(63)58(31)32-11-12-35(59)49-39(32)61/h6-10,21-22,26,28,32H,11-20,23-25H2,1-5H3,(H,51,60)(H,47,48,50)(H,49,59,61). The van der Waals surface area contributed by atoms with Gasteiger partial charge >= 0.3 is 11.6 Å². The Hall–Kier alpha value is -6.15. The summed E-state index contributed by atoms with van der Waals surface area (Å²) in [5.41, 5.74) is 6.54. The minimum Gasteiger partial charge on any atom is -0.495 e. The van der Waals surface area contributed by atoms with Gasteiger partial charge < -0.3 is 24.8 Å². The highest BCUT2D eigenvalue weighted by atomic mass is 19.3. The number of aromatic nitrogens is 4. The maximum Gasteiger partial charge on any atom is 0.342 e. The predicted octanol–water partition coefficient (Wildman–Crippen LogP) is 3.40. The Labute approximate surface area is 368 Å². The van der Waals surface area contributed by atoms with Crippen LogP contribution in [0.5, 0.6) is 5.75 Å². The molecule has 4 amide bonds. The molecule has 0 aliphatic carbocycles. The van der Waals surface area contributed by atoms with E-state index in [0.717, 1.165) is 68.0 Å². The minimum absolute atomic E-state index is 0.107. The highest BCUT2D eigenvalue weighted by Gasteiger charge is 2.49. The third-order valence-corrected chi connectivity index (χ3v) is 13.8. The number of carbonyl (C=O) groups is 4. The van der Waals surface area contributed by atoms with Crippen LogP contribution in [0.25, 0.3) is 11.0 Å². The summed E-state index contributed by atoms with van der Waals surface area (Å²) in [5, 5.41) is 7.43. The van der Waals surface area contributed by atoms with Gasteiger partial charge in [0.25, 0.3) is 11.8 Å². The second kappa shape index (κ2) is 16.4. The first kappa shape index (κ1) is 43.1. The van der Waals surface area contributed by atoms with Crippen molar-refractivity contribution in [3.8, 4) is 5.75 Å². The van der Waals surface area contributed by atoms with E-state index in [-0.39, 0.29) is 52.8 Å². The summed E-state index contributed by atoms with van der Waals surface area (Å²) in [6, 6.07) is 10.1. The van der Waals surface area contributed by atoms with Crippen molar-refractivity contribution in [1.29, 1.82) is 0 Å². The van der Waals surface area contributed by atoms with Crippen LogP contribution in [-0.4, -0.2) is 131 Å². The Bertz CT molecular complexity index is 2570. The van der Waals surface area contributed by atoms with Crippen molar-refractivity contribution in [2.24, 2.45) is 12.5 Å². The molecular formula is C44H54F2N12O6. The normalized spacial score (nSPS) is 21.8. The molecule has 0 radical (unpaired) electrons. The molecule has 2 aromatic heterocycles. The topological polar surface area (TPSA) is 183 Å². The molecule has 7 heterocycles. The highest BCUT2D eigenvalue weighted by molar-refractivity contribution is 6.02. The van der Waals surface area contributed by atoms with E-state index in [9.17, 15) is 32.8 Å². The van der Waals surface area contributed by atoms with Crippen LogP contribution in [0.15, 0.2) is 47.4 Å². The fourth-order valence-electron chi connectivity index (χ4n) is 10.1. The highest BCUT2D eigenvalue weighted by Crippen LogP contribution is 2.44. The van der Waals surface area contributed by atoms with E-state index in [1.54, 1.807) is 48.2 Å². The van der Waals surface area contributed by atoms with Crippen LogP contribution in [0.4, 0.5) is 37.6 Å². The lowest BCUT2D eigenvalue weighted by Gasteiger charge is -2.57. The Balaban J connectivity index is 0.774. The number of alkyl halides is 2. The molecule has 20 heteroatoms. The molecule has 4 aromatic rings. The van der Waals surface area contributed by atoms with Gasteiger partial charge in [-0.25, -0.2) is 14.8 Å². The van der Waals surface area contributed by atoms with Gasteiger partial charge in [0.2, 0.25) is 17.8 Å². The van der Waals surface area contributed by atoms with E-state index < -0.39 is 30.3 Å². The maximum absolute atomic E-state index is 14.8. The lowest BCUT2D eigenvalue weighted by atomic mass is 9.71. The molecule has 64 heavy (non-hydrogen) atoms. The van der Waals surface area contributed by atoms with Crippen LogP contribution < -0.4 is 41.2 Å². The van der Waals surface area contributed by atoms with Crippen molar-refractivity contribution in [1.82, 2.24) is 39.8 Å². The number of para-hydroxylation sites is 1. The summed E-state index contributed by atoms with van der Waals surface area (Å²) >= 11 is 0. The molecule has 5 aliphatic heterocycles. The van der Waals surface area contributed by atoms with E-state index in [1.807, 2.05) is 23.2 Å². The van der Waals surface area contributed by atoms with Crippen molar-refractivity contribution < 1.29 is 32.7 Å². The number of imidazole rings is 1. The molecule has 3 N–H and O–H groups in total. The van der Waals surface area contributed by atoms with Crippen LogP contribution in [-0.2, 0) is 21.4 Å². The maximum atomic E-state index is 14.8. The van der Waals surface area contributed by atoms with Crippen LogP contribution in [0.1, 0.15) is 68.8 Å². The third kappa shape index (κ3) is 7.69. The lowest BCUT2D eigenvalue weighted by Crippen LogP contribution is -2.64. The van der Waals surface area contributed by atoms with Gasteiger partial charge in [0.1, 0.15) is 17.5 Å². The summed E-state index contributed by atoms with van der Waals surface area (Å²) in [5.74, 6) is -5.31. The van der Waals surface area contributed by atoms with Gasteiger partial charge in [0.05, 0.1) is 42.3 Å². The molecule has 5 aliphatic rings. The molecule has 1 atom stereocenters. The zero-order chi connectivity index (χ0) is 45.2. The monoisotopic (exact) mass is 884 g/mol. The van der Waals surface area contributed by atoms with E-state index in [2.05, 4.69) is 35.8 Å². The number of amides is 4. The zero-order valence-corrected chi connectivity index (χ0v) is 36.7. The van der Waals surface area contributed by atoms with Crippen molar-refractivity contribution in [3.63, 3.8) is 0 Å². The molecule has 340 valence electrons. The number of halogens is 2. The Kier molecular flexibility index (Phi) is 11.1. The molecule has 1 spiro atoms. The lowest BCUT2D eigenvalue weighted by molar-refractivity contribution is -0.140. The van der Waals surface area contributed by atoms with Crippen LogP contribution >= 0.6 is 0 Å². The van der Waals surface area contributed by atoms with Gasteiger partial charge in [0, 0.05) is 77.4 Å². The molecule has 18 nitrogen and oxygen atoms in total. The van der Waals surface area contributed by atoms with Crippen molar-refractivity contribution in [3.05, 3.63) is 58.6 Å². The number of aryl methyl sites for hydroxylation is 1. The number of carbonyl (C=O) groups excluding carboxylic acids is 4. The number of rotatable bonds is 9. The van der Waals surface area contributed by atoms with Crippen molar-refractivity contribution in [2.45, 2.75) is 76.4 Å². The summed E-state index contributed by atoms with van der Waals surface area (Å²) < 4.78 is 38.4. The average molecular weight is 885 g/mol. The quantitative estimate of drug-likeness (QED) is 0.208. The number of anilines is 5. The van der Waals surface area contributed by atoms with Crippen molar-refractivity contribution >= 4 is 63.5 Å². The minimum atomic E-state index is -3.61. The van der Waals surface area contributed by atoms with Crippen molar-refractivity contribution in [2.75, 3.05) is 80.0 Å². The largest absolute Gasteiger partial charge is 0.495 e. The number of hydrazine groups is 1. The fourth-order valence-corrected chi connectivity index (χ4v) is 10.1. The van der Waals surface area contributed by atoms with Gasteiger partial charge in [-0.1, -0.05) is 6.07 Å². The summed E-state index contributed by atoms with van der Waals surface area (Å²) in [4.78, 5) is 80.0. The number of likely N-dealkylation sites (tertiary alicyclic amines) is 1.